The molecule has 0 spiro atoms. The fraction of sp³-hybridized carbons (Fsp3) is 0.111. The van der Waals surface area contributed by atoms with Crippen LogP contribution in [0.25, 0.3) is 22.0 Å². The highest BCUT2D eigenvalue weighted by Gasteiger charge is 2.42. The summed E-state index contributed by atoms with van der Waals surface area (Å²) in [5.74, 6) is -2.50. The zero-order valence-corrected chi connectivity index (χ0v) is 14.4. The number of fused-ring (bicyclic) bond motifs is 1. The van der Waals surface area contributed by atoms with E-state index < -0.39 is 23.3 Å². The Morgan fingerprint density at radius 3 is 2.32 bits per heavy atom. The Balaban J connectivity index is 2.46. The largest absolute Gasteiger partial charge is 0.454 e. The topological polar surface area (TPSA) is 30.0 Å². The minimum Gasteiger partial charge on any atom is -0.284 e. The number of nitrogens with zero attached hydrogens (tertiary/aromatic N) is 1. The molecule has 1 aromatic heterocycles. The van der Waals surface area contributed by atoms with Gasteiger partial charge in [-0.05, 0) is 46.6 Å². The van der Waals surface area contributed by atoms with Gasteiger partial charge in [0.15, 0.2) is 0 Å². The van der Waals surface area contributed by atoms with Crippen molar-refractivity contribution in [2.24, 2.45) is 0 Å². The average molecular weight is 412 g/mol. The Hall–Kier alpha value is -2.28. The van der Waals surface area contributed by atoms with Crippen molar-refractivity contribution >= 4 is 32.6 Å². The molecule has 0 saturated heterocycles. The van der Waals surface area contributed by atoms with Gasteiger partial charge in [-0.25, -0.2) is 4.39 Å². The quantitative estimate of drug-likeness (QED) is 0.390. The zero-order chi connectivity index (χ0) is 18.4. The number of carbonyl (C=O) groups excluding carboxylic acids is 1. The summed E-state index contributed by atoms with van der Waals surface area (Å²) in [5.41, 5.74) is 0.262. The molecule has 0 aliphatic carbocycles. The minimum atomic E-state index is -5.04. The first kappa shape index (κ1) is 17.5. The number of aromatic nitrogens is 1. The lowest BCUT2D eigenvalue weighted by Crippen LogP contribution is -2.25. The summed E-state index contributed by atoms with van der Waals surface area (Å²) in [5, 5.41) is 0.374. The summed E-state index contributed by atoms with van der Waals surface area (Å²) < 4.78 is 53.1. The van der Waals surface area contributed by atoms with Crippen LogP contribution >= 0.6 is 15.9 Å². The molecule has 3 aromatic rings. The van der Waals surface area contributed by atoms with Crippen molar-refractivity contribution in [3.8, 4) is 11.1 Å². The van der Waals surface area contributed by atoms with E-state index in [1.807, 2.05) is 0 Å². The summed E-state index contributed by atoms with van der Waals surface area (Å²) in [7, 11) is 0. The number of para-hydroxylation sites is 1. The van der Waals surface area contributed by atoms with Gasteiger partial charge in [-0.1, -0.05) is 24.3 Å². The van der Waals surface area contributed by atoms with Crippen molar-refractivity contribution in [3.63, 3.8) is 0 Å². The number of hydrogen-bond donors (Lipinski definition) is 0. The van der Waals surface area contributed by atoms with Crippen molar-refractivity contribution in [2.75, 3.05) is 0 Å². The molecule has 0 saturated carbocycles. The molecule has 2 nitrogen and oxygen atoms in total. The number of benzene rings is 2. The molecule has 3 rings (SSSR count). The standard InChI is InChI=1S/C18H10BrF4NO/c1-9-14(17(25)18(21,22)23)15(10-5-7-11(20)8-6-10)12-3-2-4-13(19)16(12)24-9/h2-8H,1H3. The van der Waals surface area contributed by atoms with E-state index in [0.29, 0.717) is 20.9 Å². The predicted octanol–water partition coefficient (Wildman–Crippen LogP) is 5.86. The van der Waals surface area contributed by atoms with E-state index in [4.69, 9.17) is 0 Å². The summed E-state index contributed by atoms with van der Waals surface area (Å²) >= 11 is 3.32. The second-order valence-electron chi connectivity index (χ2n) is 5.42. The summed E-state index contributed by atoms with van der Waals surface area (Å²) in [6, 6.07) is 9.88. The van der Waals surface area contributed by atoms with Gasteiger partial charge in [0.2, 0.25) is 0 Å². The fourth-order valence-electron chi connectivity index (χ4n) is 2.71. The van der Waals surface area contributed by atoms with Crippen LogP contribution in [0.1, 0.15) is 16.1 Å². The van der Waals surface area contributed by atoms with E-state index in [0.717, 1.165) is 12.1 Å². The summed E-state index contributed by atoms with van der Waals surface area (Å²) in [6.07, 6.45) is -5.04. The molecule has 0 radical (unpaired) electrons. The van der Waals surface area contributed by atoms with Crippen LogP contribution in [-0.2, 0) is 0 Å². The Kier molecular flexibility index (Phi) is 4.36. The molecule has 0 aliphatic heterocycles. The van der Waals surface area contributed by atoms with Crippen molar-refractivity contribution in [1.82, 2.24) is 4.98 Å². The van der Waals surface area contributed by atoms with Crippen molar-refractivity contribution in [3.05, 3.63) is 64.0 Å². The first-order valence-corrected chi connectivity index (χ1v) is 7.95. The van der Waals surface area contributed by atoms with Gasteiger partial charge in [-0.2, -0.15) is 13.2 Å². The van der Waals surface area contributed by atoms with Gasteiger partial charge in [0, 0.05) is 21.1 Å². The number of pyridine rings is 1. The minimum absolute atomic E-state index is 0.0407. The van der Waals surface area contributed by atoms with Gasteiger partial charge < -0.3 is 0 Å². The van der Waals surface area contributed by atoms with E-state index >= 15 is 0 Å². The van der Waals surface area contributed by atoms with Gasteiger partial charge in [0.1, 0.15) is 5.82 Å². The van der Waals surface area contributed by atoms with E-state index in [2.05, 4.69) is 20.9 Å². The Bertz CT molecular complexity index is 981. The SMILES string of the molecule is Cc1nc2c(Br)cccc2c(-c2ccc(F)cc2)c1C(=O)C(F)(F)F. The molecule has 0 amide bonds. The average Bonchev–Trinajstić information content (AvgIpc) is 2.54. The first-order valence-electron chi connectivity index (χ1n) is 7.16. The summed E-state index contributed by atoms with van der Waals surface area (Å²) in [6.45, 7) is 1.35. The first-order chi connectivity index (χ1) is 11.7. The van der Waals surface area contributed by atoms with Crippen LogP contribution < -0.4 is 0 Å². The van der Waals surface area contributed by atoms with Gasteiger partial charge in [-0.3, -0.25) is 9.78 Å². The molecule has 2 aromatic carbocycles. The Labute approximate surface area is 148 Å². The molecule has 0 aliphatic rings. The van der Waals surface area contributed by atoms with E-state index in [1.165, 1.54) is 19.1 Å². The monoisotopic (exact) mass is 411 g/mol. The second kappa shape index (κ2) is 6.22. The highest BCUT2D eigenvalue weighted by atomic mass is 79.9. The van der Waals surface area contributed by atoms with Gasteiger partial charge >= 0.3 is 6.18 Å². The number of aryl methyl sites for hydroxylation is 1. The van der Waals surface area contributed by atoms with Crippen LogP contribution in [-0.4, -0.2) is 16.9 Å². The molecule has 0 atom stereocenters. The maximum absolute atomic E-state index is 13.2. The van der Waals surface area contributed by atoms with Crippen molar-refractivity contribution < 1.29 is 22.4 Å². The van der Waals surface area contributed by atoms with Crippen molar-refractivity contribution in [1.29, 1.82) is 0 Å². The lowest BCUT2D eigenvalue weighted by molar-refractivity contribution is -0.0885. The molecule has 0 N–H and O–H groups in total. The van der Waals surface area contributed by atoms with Gasteiger partial charge in [0.25, 0.3) is 5.78 Å². The van der Waals surface area contributed by atoms with E-state index in [1.54, 1.807) is 18.2 Å². The van der Waals surface area contributed by atoms with Crippen LogP contribution in [0.2, 0.25) is 0 Å². The third-order valence-electron chi connectivity index (χ3n) is 3.76. The molecule has 25 heavy (non-hydrogen) atoms. The van der Waals surface area contributed by atoms with Crippen LogP contribution in [0.5, 0.6) is 0 Å². The number of ketones is 1. The van der Waals surface area contributed by atoms with Crippen LogP contribution in [0.4, 0.5) is 17.6 Å². The van der Waals surface area contributed by atoms with E-state index in [-0.39, 0.29) is 11.3 Å². The number of Topliss-reactive ketones (excluding diaryl/α,β-unsaturated/α-hetero) is 1. The number of alkyl halides is 3. The highest BCUT2D eigenvalue weighted by molar-refractivity contribution is 9.10. The molecule has 0 unspecified atom stereocenters. The number of carbonyl (C=O) groups is 1. The summed E-state index contributed by atoms with van der Waals surface area (Å²) in [4.78, 5) is 16.2. The zero-order valence-electron chi connectivity index (χ0n) is 12.8. The predicted molar refractivity (Wildman–Crippen MR) is 90.0 cm³/mol. The Morgan fingerprint density at radius 2 is 1.72 bits per heavy atom. The molecular formula is C18H10BrF4NO. The lowest BCUT2D eigenvalue weighted by Gasteiger charge is -2.17. The molecule has 0 fully saturated rings. The van der Waals surface area contributed by atoms with E-state index in [9.17, 15) is 22.4 Å². The molecule has 1 heterocycles. The third kappa shape index (κ3) is 3.16. The number of hydrogen-bond acceptors (Lipinski definition) is 2. The second-order valence-corrected chi connectivity index (χ2v) is 6.27. The van der Waals surface area contributed by atoms with Crippen molar-refractivity contribution in [2.45, 2.75) is 13.1 Å². The highest BCUT2D eigenvalue weighted by Crippen LogP contribution is 2.38. The fourth-order valence-corrected chi connectivity index (χ4v) is 3.16. The molecule has 7 heteroatoms. The third-order valence-corrected chi connectivity index (χ3v) is 4.40. The Morgan fingerprint density at radius 1 is 1.08 bits per heavy atom. The number of halogens is 5. The van der Waals surface area contributed by atoms with Crippen LogP contribution in [0.3, 0.4) is 0 Å². The molecule has 128 valence electrons. The van der Waals surface area contributed by atoms with Crippen LogP contribution in [0.15, 0.2) is 46.9 Å². The maximum Gasteiger partial charge on any atom is 0.454 e. The maximum atomic E-state index is 13.2. The molecular weight excluding hydrogens is 402 g/mol. The molecule has 0 bridgehead atoms. The van der Waals surface area contributed by atoms with Gasteiger partial charge in [0.05, 0.1) is 11.1 Å². The van der Waals surface area contributed by atoms with Crippen LogP contribution in [0, 0.1) is 12.7 Å². The normalized spacial score (nSPS) is 11.8. The number of rotatable bonds is 2. The smallest absolute Gasteiger partial charge is 0.284 e. The van der Waals surface area contributed by atoms with Gasteiger partial charge in [-0.15, -0.1) is 0 Å². The lowest BCUT2D eigenvalue weighted by atomic mass is 9.92.